The fourth-order valence-electron chi connectivity index (χ4n) is 3.02. The highest BCUT2D eigenvalue weighted by molar-refractivity contribution is 7.12. The normalized spacial score (nSPS) is 16.5. The summed E-state index contributed by atoms with van der Waals surface area (Å²) in [5.41, 5.74) is 2.04. The van der Waals surface area contributed by atoms with Crippen LogP contribution in [0, 0.1) is 6.92 Å². The predicted octanol–water partition coefficient (Wildman–Crippen LogP) is 2.92. The van der Waals surface area contributed by atoms with Crippen molar-refractivity contribution in [2.45, 2.75) is 19.5 Å². The minimum Gasteiger partial charge on any atom is -0.475 e. The number of hydrogen-bond acceptors (Lipinski definition) is 5. The summed E-state index contributed by atoms with van der Waals surface area (Å²) in [6, 6.07) is 7.56. The fraction of sp³-hybridized carbons (Fsp3) is 0.278. The molecule has 1 atom stereocenters. The Hall–Kier alpha value is -2.67. The van der Waals surface area contributed by atoms with Gasteiger partial charge in [0.05, 0.1) is 29.5 Å². The van der Waals surface area contributed by atoms with Gasteiger partial charge in [-0.15, -0.1) is 11.3 Å². The Bertz CT molecular complexity index is 874. The maximum Gasteiger partial charge on any atom is 0.264 e. The molecule has 0 aliphatic carbocycles. The summed E-state index contributed by atoms with van der Waals surface area (Å²) in [6.07, 6.45) is 5.32. The van der Waals surface area contributed by atoms with Crippen molar-refractivity contribution < 1.29 is 9.53 Å². The van der Waals surface area contributed by atoms with Gasteiger partial charge in [-0.05, 0) is 30.0 Å². The molecule has 0 spiro atoms. The molecule has 25 heavy (non-hydrogen) atoms. The van der Waals surface area contributed by atoms with E-state index in [0.29, 0.717) is 25.6 Å². The standard InChI is InChI=1S/C18H18N4O2S/c1-13-5-7-25-17(13)18(23)21-9-14-8-19-12-22(14)15(10-21)11-24-16-4-2-3-6-20-16/h2-8,12,15H,9-11H2,1H3/t15-/m1/s1. The van der Waals surface area contributed by atoms with Crippen LogP contribution in [0.1, 0.15) is 27.0 Å². The topological polar surface area (TPSA) is 60.2 Å². The summed E-state index contributed by atoms with van der Waals surface area (Å²) < 4.78 is 7.91. The van der Waals surface area contributed by atoms with Gasteiger partial charge < -0.3 is 14.2 Å². The quantitative estimate of drug-likeness (QED) is 0.723. The number of ether oxygens (including phenoxy) is 1. The summed E-state index contributed by atoms with van der Waals surface area (Å²) in [7, 11) is 0. The van der Waals surface area contributed by atoms with E-state index >= 15 is 0 Å². The number of nitrogens with zero attached hydrogens (tertiary/aromatic N) is 4. The molecule has 128 valence electrons. The molecule has 4 heterocycles. The van der Waals surface area contributed by atoms with Crippen LogP contribution in [0.15, 0.2) is 48.4 Å². The Morgan fingerprint density at radius 1 is 1.40 bits per heavy atom. The first-order chi connectivity index (χ1) is 12.2. The zero-order valence-corrected chi connectivity index (χ0v) is 14.6. The van der Waals surface area contributed by atoms with E-state index in [4.69, 9.17) is 4.74 Å². The number of thiophene rings is 1. The van der Waals surface area contributed by atoms with Gasteiger partial charge in [-0.3, -0.25) is 4.79 Å². The van der Waals surface area contributed by atoms with Gasteiger partial charge >= 0.3 is 0 Å². The van der Waals surface area contributed by atoms with Gasteiger partial charge in [-0.2, -0.15) is 0 Å². The molecule has 1 aliphatic heterocycles. The van der Waals surface area contributed by atoms with Gasteiger partial charge in [0.2, 0.25) is 5.88 Å². The lowest BCUT2D eigenvalue weighted by Crippen LogP contribution is -2.42. The second-order valence-corrected chi connectivity index (χ2v) is 6.96. The minimum atomic E-state index is 0.0116. The molecular formula is C18H18N4O2S. The molecule has 7 heteroatoms. The summed E-state index contributed by atoms with van der Waals surface area (Å²) in [5, 5.41) is 1.96. The average molecular weight is 354 g/mol. The van der Waals surface area contributed by atoms with Gasteiger partial charge in [0, 0.05) is 25.0 Å². The Morgan fingerprint density at radius 3 is 3.08 bits per heavy atom. The largest absolute Gasteiger partial charge is 0.475 e. The van der Waals surface area contributed by atoms with Crippen LogP contribution in [-0.4, -0.2) is 38.5 Å². The zero-order chi connectivity index (χ0) is 17.2. The number of rotatable bonds is 4. The molecule has 6 nitrogen and oxygen atoms in total. The fourth-order valence-corrected chi connectivity index (χ4v) is 3.92. The molecule has 0 saturated carbocycles. The smallest absolute Gasteiger partial charge is 0.264 e. The van der Waals surface area contributed by atoms with Crippen LogP contribution >= 0.6 is 11.3 Å². The van der Waals surface area contributed by atoms with Crippen LogP contribution in [0.3, 0.4) is 0 Å². The van der Waals surface area contributed by atoms with Crippen molar-refractivity contribution in [3.8, 4) is 5.88 Å². The summed E-state index contributed by atoms with van der Waals surface area (Å²) in [5.74, 6) is 0.657. The lowest BCUT2D eigenvalue weighted by molar-refractivity contribution is 0.0650. The van der Waals surface area contributed by atoms with Crippen molar-refractivity contribution in [3.05, 3.63) is 64.5 Å². The molecule has 0 bridgehead atoms. The molecule has 1 amide bonds. The molecule has 1 aliphatic rings. The van der Waals surface area contributed by atoms with Crippen molar-refractivity contribution in [2.75, 3.05) is 13.2 Å². The third-order valence-corrected chi connectivity index (χ3v) is 5.33. The molecule has 4 rings (SSSR count). The highest BCUT2D eigenvalue weighted by Gasteiger charge is 2.30. The summed E-state index contributed by atoms with van der Waals surface area (Å²) in [6.45, 7) is 3.57. The van der Waals surface area contributed by atoms with E-state index in [1.807, 2.05) is 47.7 Å². The first-order valence-electron chi connectivity index (χ1n) is 8.10. The molecule has 0 N–H and O–H groups in total. The Kier molecular flexibility index (Phi) is 4.23. The van der Waals surface area contributed by atoms with Crippen molar-refractivity contribution in [1.29, 1.82) is 0 Å². The van der Waals surface area contributed by atoms with Crippen LogP contribution in [0.25, 0.3) is 0 Å². The van der Waals surface area contributed by atoms with E-state index in [1.165, 1.54) is 11.3 Å². The van der Waals surface area contributed by atoms with Crippen LogP contribution in [0.4, 0.5) is 0 Å². The van der Waals surface area contributed by atoms with Crippen molar-refractivity contribution in [2.24, 2.45) is 0 Å². The van der Waals surface area contributed by atoms with E-state index in [-0.39, 0.29) is 11.9 Å². The van der Waals surface area contributed by atoms with Gasteiger partial charge in [-0.25, -0.2) is 9.97 Å². The molecule has 0 unspecified atom stereocenters. The van der Waals surface area contributed by atoms with Crippen LogP contribution in [0.5, 0.6) is 5.88 Å². The Morgan fingerprint density at radius 2 is 2.32 bits per heavy atom. The number of aryl methyl sites for hydroxylation is 1. The van der Waals surface area contributed by atoms with Gasteiger partial charge in [0.15, 0.2) is 0 Å². The lowest BCUT2D eigenvalue weighted by Gasteiger charge is -2.34. The van der Waals surface area contributed by atoms with E-state index in [9.17, 15) is 4.79 Å². The number of aromatic nitrogens is 3. The monoisotopic (exact) mass is 354 g/mol. The number of carbonyl (C=O) groups is 1. The molecule has 0 fully saturated rings. The van der Waals surface area contributed by atoms with E-state index < -0.39 is 0 Å². The van der Waals surface area contributed by atoms with Crippen LogP contribution in [0.2, 0.25) is 0 Å². The SMILES string of the molecule is Cc1ccsc1C(=O)N1Cc2cncn2[C@@H](COc2ccccn2)C1. The third kappa shape index (κ3) is 3.15. The van der Waals surface area contributed by atoms with E-state index in [1.54, 1.807) is 12.5 Å². The molecule has 3 aromatic rings. The number of imidazole rings is 1. The van der Waals surface area contributed by atoms with Gasteiger partial charge in [0.25, 0.3) is 5.91 Å². The summed E-state index contributed by atoms with van der Waals surface area (Å²) in [4.78, 5) is 24.0. The number of amides is 1. The minimum absolute atomic E-state index is 0.0116. The lowest BCUT2D eigenvalue weighted by atomic mass is 10.1. The van der Waals surface area contributed by atoms with Crippen molar-refractivity contribution in [3.63, 3.8) is 0 Å². The highest BCUT2D eigenvalue weighted by Crippen LogP contribution is 2.25. The highest BCUT2D eigenvalue weighted by atomic mass is 32.1. The third-order valence-electron chi connectivity index (χ3n) is 4.33. The Labute approximate surface area is 149 Å². The first-order valence-corrected chi connectivity index (χ1v) is 8.98. The number of carbonyl (C=O) groups excluding carboxylic acids is 1. The second-order valence-electron chi connectivity index (χ2n) is 6.04. The molecular weight excluding hydrogens is 336 g/mol. The van der Waals surface area contributed by atoms with E-state index in [0.717, 1.165) is 16.1 Å². The van der Waals surface area contributed by atoms with Gasteiger partial charge in [0.1, 0.15) is 6.61 Å². The number of pyridine rings is 1. The van der Waals surface area contributed by atoms with Crippen molar-refractivity contribution in [1.82, 2.24) is 19.4 Å². The predicted molar refractivity (Wildman–Crippen MR) is 94.8 cm³/mol. The Balaban J connectivity index is 1.53. The van der Waals surface area contributed by atoms with E-state index in [2.05, 4.69) is 14.5 Å². The van der Waals surface area contributed by atoms with Crippen LogP contribution < -0.4 is 4.74 Å². The second kappa shape index (κ2) is 6.68. The first kappa shape index (κ1) is 15.8. The number of hydrogen-bond donors (Lipinski definition) is 0. The number of fused-ring (bicyclic) bond motifs is 1. The molecule has 0 aromatic carbocycles. The summed E-state index contributed by atoms with van der Waals surface area (Å²) >= 11 is 1.49. The van der Waals surface area contributed by atoms with Crippen molar-refractivity contribution >= 4 is 17.2 Å². The van der Waals surface area contributed by atoms with Gasteiger partial charge in [-0.1, -0.05) is 6.07 Å². The maximum absolute atomic E-state index is 12.9. The molecule has 0 saturated heterocycles. The maximum atomic E-state index is 12.9. The van der Waals surface area contributed by atoms with Crippen LogP contribution in [-0.2, 0) is 6.54 Å². The zero-order valence-electron chi connectivity index (χ0n) is 13.8. The average Bonchev–Trinajstić information content (AvgIpc) is 3.28. The molecule has 3 aromatic heterocycles. The molecule has 0 radical (unpaired) electrons.